The van der Waals surface area contributed by atoms with E-state index >= 15 is 4.39 Å². The first-order valence-electron chi connectivity index (χ1n) is 13.1. The van der Waals surface area contributed by atoms with Crippen molar-refractivity contribution in [3.8, 4) is 22.8 Å². The van der Waals surface area contributed by atoms with Crippen LogP contribution in [0.25, 0.3) is 16.8 Å². The molecule has 1 aliphatic rings. The van der Waals surface area contributed by atoms with Gasteiger partial charge in [0.15, 0.2) is 17.3 Å². The number of azo groups is 2. The summed E-state index contributed by atoms with van der Waals surface area (Å²) in [7, 11) is 1.84. The zero-order chi connectivity index (χ0) is 30.2. The minimum Gasteiger partial charge on any atom is -0.452 e. The number of amides is 4. The van der Waals surface area contributed by atoms with E-state index in [1.165, 1.54) is 24.3 Å². The van der Waals surface area contributed by atoms with Crippen molar-refractivity contribution >= 4 is 34.7 Å². The van der Waals surface area contributed by atoms with Crippen molar-refractivity contribution in [2.75, 3.05) is 16.8 Å². The lowest BCUT2D eigenvalue weighted by Gasteiger charge is -2.21. The lowest BCUT2D eigenvalue weighted by molar-refractivity contribution is -0.498. The number of hydrogen-bond acceptors (Lipinski definition) is 7. The van der Waals surface area contributed by atoms with Crippen LogP contribution in [0.1, 0.15) is 6.92 Å². The van der Waals surface area contributed by atoms with Gasteiger partial charge in [-0.3, -0.25) is 4.79 Å². The molecule has 0 saturated heterocycles. The molecule has 1 aliphatic heterocycles. The molecule has 0 bridgehead atoms. The highest BCUT2D eigenvalue weighted by atomic mass is 19.1. The van der Waals surface area contributed by atoms with E-state index in [4.69, 9.17) is 4.74 Å². The average Bonchev–Trinajstić information content (AvgIpc) is 3.65. The zero-order valence-electron chi connectivity index (χ0n) is 22.8. The zero-order valence-corrected chi connectivity index (χ0v) is 22.8. The van der Waals surface area contributed by atoms with Gasteiger partial charge in [-0.2, -0.15) is 9.89 Å². The van der Waals surface area contributed by atoms with E-state index in [1.807, 2.05) is 13.2 Å². The number of imide groups is 1. The van der Waals surface area contributed by atoms with Crippen LogP contribution in [0.15, 0.2) is 84.6 Å². The molecule has 12 nitrogen and oxygen atoms in total. The van der Waals surface area contributed by atoms with Crippen LogP contribution >= 0.6 is 0 Å². The number of pyridine rings is 1. The van der Waals surface area contributed by atoms with Crippen LogP contribution in [-0.2, 0) is 16.6 Å². The SMILES string of the molecule is CC[N+]1=NC(C(=O)Nc2ccc(Oc3cc(-c4cn(C)cn4)cn4nccc34)c(F)c2)C(=O)N(c2ccc(F)cc2)C1=O. The Hall–Kier alpha value is -5.79. The summed E-state index contributed by atoms with van der Waals surface area (Å²) >= 11 is 0. The Balaban J connectivity index is 1.24. The number of ether oxygens (including phenoxy) is 1. The summed E-state index contributed by atoms with van der Waals surface area (Å²) in [6, 6.07) is 9.45. The molecular formula is C29H23F2N8O4+. The van der Waals surface area contributed by atoms with E-state index in [0.717, 1.165) is 27.8 Å². The molecule has 216 valence electrons. The number of imidazole rings is 1. The van der Waals surface area contributed by atoms with Gasteiger partial charge in [-0.15, -0.1) is 9.60 Å². The molecule has 1 atom stereocenters. The predicted octanol–water partition coefficient (Wildman–Crippen LogP) is 4.76. The molecule has 43 heavy (non-hydrogen) atoms. The number of aromatic nitrogens is 4. The largest absolute Gasteiger partial charge is 0.526 e. The van der Waals surface area contributed by atoms with E-state index in [2.05, 4.69) is 20.5 Å². The maximum atomic E-state index is 15.2. The number of urea groups is 1. The van der Waals surface area contributed by atoms with Gasteiger partial charge in [-0.25, -0.2) is 23.1 Å². The van der Waals surface area contributed by atoms with E-state index in [0.29, 0.717) is 22.5 Å². The molecule has 4 heterocycles. The first-order chi connectivity index (χ1) is 20.7. The van der Waals surface area contributed by atoms with Crippen molar-refractivity contribution in [2.45, 2.75) is 13.0 Å². The monoisotopic (exact) mass is 585 g/mol. The summed E-state index contributed by atoms with van der Waals surface area (Å²) in [5.41, 5.74) is 2.07. The fourth-order valence-corrected chi connectivity index (χ4v) is 4.55. The molecule has 5 aromatic rings. The van der Waals surface area contributed by atoms with Crippen LogP contribution in [0.3, 0.4) is 0 Å². The van der Waals surface area contributed by atoms with Crippen LogP contribution in [0.5, 0.6) is 11.5 Å². The first-order valence-corrected chi connectivity index (χ1v) is 13.1. The summed E-state index contributed by atoms with van der Waals surface area (Å²) in [5.74, 6) is -2.96. The number of rotatable bonds is 7. The Morgan fingerprint density at radius 1 is 1.05 bits per heavy atom. The summed E-state index contributed by atoms with van der Waals surface area (Å²) < 4.78 is 39.0. The highest BCUT2D eigenvalue weighted by Crippen LogP contribution is 2.33. The van der Waals surface area contributed by atoms with Gasteiger partial charge in [0.05, 0.1) is 18.2 Å². The molecule has 1 unspecified atom stereocenters. The normalized spacial score (nSPS) is 15.1. The van der Waals surface area contributed by atoms with Crippen LogP contribution in [0, 0.1) is 11.6 Å². The van der Waals surface area contributed by atoms with Gasteiger partial charge in [-0.05, 0) is 55.5 Å². The molecule has 0 radical (unpaired) electrons. The van der Waals surface area contributed by atoms with Crippen LogP contribution < -0.4 is 15.0 Å². The van der Waals surface area contributed by atoms with Crippen LogP contribution in [-0.4, -0.2) is 54.3 Å². The maximum Gasteiger partial charge on any atom is 0.526 e. The highest BCUT2D eigenvalue weighted by molar-refractivity contribution is 6.23. The van der Waals surface area contributed by atoms with Crippen molar-refractivity contribution < 1.29 is 32.6 Å². The molecule has 6 rings (SSSR count). The second-order valence-electron chi connectivity index (χ2n) is 9.58. The number of anilines is 2. The number of aryl methyl sites for hydroxylation is 1. The van der Waals surface area contributed by atoms with Crippen molar-refractivity contribution in [3.63, 3.8) is 0 Å². The van der Waals surface area contributed by atoms with E-state index in [-0.39, 0.29) is 23.7 Å². The van der Waals surface area contributed by atoms with Gasteiger partial charge in [-0.1, -0.05) is 5.11 Å². The Bertz CT molecular complexity index is 1930. The van der Waals surface area contributed by atoms with Crippen molar-refractivity contribution in [3.05, 3.63) is 91.1 Å². The number of carbonyl (C=O) groups excluding carboxylic acids is 3. The van der Waals surface area contributed by atoms with E-state index in [9.17, 15) is 18.8 Å². The van der Waals surface area contributed by atoms with Gasteiger partial charge in [0.1, 0.15) is 23.6 Å². The number of halogens is 2. The van der Waals surface area contributed by atoms with Crippen molar-refractivity contribution in [1.82, 2.24) is 19.2 Å². The topological polar surface area (TPSA) is 126 Å². The van der Waals surface area contributed by atoms with Gasteiger partial charge in [0.2, 0.25) is 0 Å². The fraction of sp³-hybridized carbons (Fsp3) is 0.138. The van der Waals surface area contributed by atoms with Gasteiger partial charge in [0.25, 0.3) is 11.9 Å². The summed E-state index contributed by atoms with van der Waals surface area (Å²) in [5, 5.41) is 10.7. The molecule has 1 N–H and O–H groups in total. The average molecular weight is 586 g/mol. The standard InChI is InChI=1S/C29H22F2N8O4/c1-3-37-29(42)39(20-7-4-18(30)5-8-20)28(41)26(35-37)27(40)34-19-6-9-24(21(31)13-19)43-25-12-17(22-15-36(2)16-32-22)14-38-23(25)10-11-33-38/h4-16,26H,3H2,1-2H3/p+1. The Morgan fingerprint density at radius 2 is 1.84 bits per heavy atom. The smallest absolute Gasteiger partial charge is 0.452 e. The molecule has 0 saturated carbocycles. The Labute approximate surface area is 242 Å². The second kappa shape index (κ2) is 10.9. The molecule has 2 aromatic carbocycles. The van der Waals surface area contributed by atoms with E-state index < -0.39 is 35.5 Å². The lowest BCUT2D eigenvalue weighted by Crippen LogP contribution is -2.54. The molecule has 4 amide bonds. The number of hydrogen-bond donors (Lipinski definition) is 1. The van der Waals surface area contributed by atoms with Crippen LogP contribution in [0.2, 0.25) is 0 Å². The highest BCUT2D eigenvalue weighted by Gasteiger charge is 2.48. The minimum absolute atomic E-state index is 0.0304. The quantitative estimate of drug-likeness (QED) is 0.217. The molecule has 0 fully saturated rings. The molecule has 0 aliphatic carbocycles. The number of fused-ring (bicyclic) bond motifs is 1. The molecule has 0 spiro atoms. The summed E-state index contributed by atoms with van der Waals surface area (Å²) in [4.78, 5) is 44.2. The maximum absolute atomic E-state index is 15.2. The summed E-state index contributed by atoms with van der Waals surface area (Å²) in [6.07, 6.45) is 6.84. The van der Waals surface area contributed by atoms with Gasteiger partial charge < -0.3 is 14.6 Å². The fourth-order valence-electron chi connectivity index (χ4n) is 4.55. The number of nitrogens with zero attached hydrogens (tertiary/aromatic N) is 7. The Kier molecular flexibility index (Phi) is 6.93. The third kappa shape index (κ3) is 5.21. The first kappa shape index (κ1) is 27.4. The lowest BCUT2D eigenvalue weighted by atomic mass is 10.2. The van der Waals surface area contributed by atoms with E-state index in [1.54, 1.807) is 46.9 Å². The molecule has 14 heteroatoms. The molecule has 3 aromatic heterocycles. The van der Waals surface area contributed by atoms with Crippen LogP contribution in [0.4, 0.5) is 25.0 Å². The second-order valence-corrected chi connectivity index (χ2v) is 9.58. The number of carbonyl (C=O) groups is 3. The van der Waals surface area contributed by atoms with Gasteiger partial charge in [0, 0.05) is 36.8 Å². The molecular weight excluding hydrogens is 562 g/mol. The Morgan fingerprint density at radius 3 is 2.53 bits per heavy atom. The van der Waals surface area contributed by atoms with Gasteiger partial charge >= 0.3 is 11.9 Å². The third-order valence-corrected chi connectivity index (χ3v) is 6.64. The minimum atomic E-state index is -1.65. The van der Waals surface area contributed by atoms with Crippen molar-refractivity contribution in [1.29, 1.82) is 0 Å². The van der Waals surface area contributed by atoms with Crippen molar-refractivity contribution in [2.24, 2.45) is 12.2 Å². The predicted molar refractivity (Wildman–Crippen MR) is 149 cm³/mol. The third-order valence-electron chi connectivity index (χ3n) is 6.64. The number of nitrogens with one attached hydrogen (secondary N) is 1. The summed E-state index contributed by atoms with van der Waals surface area (Å²) in [6.45, 7) is 1.69. The number of benzene rings is 2.